The predicted octanol–water partition coefficient (Wildman–Crippen LogP) is 4.20. The van der Waals surface area contributed by atoms with Crippen LogP contribution < -0.4 is 0 Å². The Morgan fingerprint density at radius 3 is 2.64 bits per heavy atom. The highest BCUT2D eigenvalue weighted by Crippen LogP contribution is 2.24. The fourth-order valence-corrected chi connectivity index (χ4v) is 2.11. The fourth-order valence-electron chi connectivity index (χ4n) is 1.34. The molecule has 0 N–H and O–H groups in total. The first kappa shape index (κ1) is 9.81. The molecule has 0 radical (unpaired) electrons. The van der Waals surface area contributed by atoms with E-state index in [1.54, 1.807) is 0 Å². The Hall–Kier alpha value is -0.730. The summed E-state index contributed by atoms with van der Waals surface area (Å²) >= 11 is 9.50. The Bertz CT molecular complexity index is 462. The quantitative estimate of drug-likeness (QED) is 0.732. The molecule has 0 amide bonds. The second-order valence-electron chi connectivity index (χ2n) is 3.19. The summed E-state index contributed by atoms with van der Waals surface area (Å²) in [5, 5.41) is 0.745. The lowest BCUT2D eigenvalue weighted by atomic mass is 10.3. The van der Waals surface area contributed by atoms with E-state index in [0.717, 1.165) is 15.2 Å². The zero-order valence-corrected chi connectivity index (χ0v) is 10.0. The maximum absolute atomic E-state index is 6.12. The number of aryl methyl sites for hydroxylation is 1. The molecule has 0 saturated carbocycles. The van der Waals surface area contributed by atoms with E-state index in [1.807, 2.05) is 29.0 Å². The fraction of sp³-hybridized carbons (Fsp3) is 0.0909. The largest absolute Gasteiger partial charge is 0.322 e. The first-order valence-corrected chi connectivity index (χ1v) is 5.44. The van der Waals surface area contributed by atoms with Gasteiger partial charge in [0.25, 0.3) is 0 Å². The maximum atomic E-state index is 6.12. The summed E-state index contributed by atoms with van der Waals surface area (Å²) in [6.07, 6.45) is 4.06. The average molecular weight is 271 g/mol. The van der Waals surface area contributed by atoms with E-state index in [9.17, 15) is 0 Å². The van der Waals surface area contributed by atoms with Gasteiger partial charge in [0.15, 0.2) is 0 Å². The molecule has 1 nitrogen and oxygen atoms in total. The van der Waals surface area contributed by atoms with Crippen LogP contribution in [0.25, 0.3) is 5.69 Å². The van der Waals surface area contributed by atoms with Gasteiger partial charge in [-0.2, -0.15) is 0 Å². The van der Waals surface area contributed by atoms with Crippen molar-refractivity contribution in [3.8, 4) is 5.69 Å². The lowest BCUT2D eigenvalue weighted by Crippen LogP contribution is -1.90. The molecule has 0 fully saturated rings. The number of rotatable bonds is 1. The molecule has 0 spiro atoms. The van der Waals surface area contributed by atoms with Gasteiger partial charge >= 0.3 is 0 Å². The molecule has 3 heteroatoms. The van der Waals surface area contributed by atoms with Gasteiger partial charge in [0.05, 0.1) is 10.7 Å². The smallest absolute Gasteiger partial charge is 0.0657 e. The van der Waals surface area contributed by atoms with E-state index in [-0.39, 0.29) is 0 Å². The number of benzene rings is 1. The van der Waals surface area contributed by atoms with Gasteiger partial charge in [0.1, 0.15) is 0 Å². The standard InChI is InChI=1S/C11H9BrClN/c1-8-4-5-14(7-8)11-3-2-9(12)6-10(11)13/h2-7H,1H3. The van der Waals surface area contributed by atoms with Gasteiger partial charge in [0.2, 0.25) is 0 Å². The van der Waals surface area contributed by atoms with Gasteiger partial charge in [-0.25, -0.2) is 0 Å². The second-order valence-corrected chi connectivity index (χ2v) is 4.51. The van der Waals surface area contributed by atoms with Crippen molar-refractivity contribution in [2.24, 2.45) is 0 Å². The molecule has 0 aliphatic carbocycles. The zero-order chi connectivity index (χ0) is 10.1. The van der Waals surface area contributed by atoms with Crippen LogP contribution in [0.4, 0.5) is 0 Å². The summed E-state index contributed by atoms with van der Waals surface area (Å²) in [6.45, 7) is 2.06. The first-order valence-electron chi connectivity index (χ1n) is 4.27. The molecule has 0 aliphatic rings. The average Bonchev–Trinajstić information content (AvgIpc) is 2.51. The van der Waals surface area contributed by atoms with Crippen LogP contribution in [0.2, 0.25) is 5.02 Å². The number of hydrogen-bond donors (Lipinski definition) is 0. The molecule has 14 heavy (non-hydrogen) atoms. The van der Waals surface area contributed by atoms with Gasteiger partial charge in [-0.15, -0.1) is 0 Å². The Morgan fingerprint density at radius 1 is 1.29 bits per heavy atom. The maximum Gasteiger partial charge on any atom is 0.0657 e. The van der Waals surface area contributed by atoms with E-state index < -0.39 is 0 Å². The Morgan fingerprint density at radius 2 is 2.07 bits per heavy atom. The van der Waals surface area contributed by atoms with Crippen molar-refractivity contribution in [2.45, 2.75) is 6.92 Å². The molecule has 1 heterocycles. The summed E-state index contributed by atoms with van der Waals surface area (Å²) in [4.78, 5) is 0. The van der Waals surface area contributed by atoms with Crippen LogP contribution in [0.1, 0.15) is 5.56 Å². The normalized spacial score (nSPS) is 10.5. The van der Waals surface area contributed by atoms with E-state index in [2.05, 4.69) is 35.1 Å². The Kier molecular flexibility index (Phi) is 2.66. The van der Waals surface area contributed by atoms with E-state index in [4.69, 9.17) is 11.6 Å². The van der Waals surface area contributed by atoms with Crippen molar-refractivity contribution in [3.63, 3.8) is 0 Å². The molecule has 0 saturated heterocycles. The van der Waals surface area contributed by atoms with Crippen molar-refractivity contribution in [3.05, 3.63) is 51.7 Å². The minimum absolute atomic E-state index is 0.745. The number of hydrogen-bond acceptors (Lipinski definition) is 0. The van der Waals surface area contributed by atoms with E-state index >= 15 is 0 Å². The molecular formula is C11H9BrClN. The summed E-state index contributed by atoms with van der Waals surface area (Å²) in [6, 6.07) is 7.92. The highest BCUT2D eigenvalue weighted by atomic mass is 79.9. The molecule has 1 aromatic heterocycles. The third-order valence-electron chi connectivity index (χ3n) is 2.03. The molecule has 0 atom stereocenters. The Labute approximate surface area is 96.4 Å². The minimum atomic E-state index is 0.745. The third-order valence-corrected chi connectivity index (χ3v) is 2.82. The van der Waals surface area contributed by atoms with Crippen LogP contribution in [-0.4, -0.2) is 4.57 Å². The van der Waals surface area contributed by atoms with Crippen LogP contribution in [0.5, 0.6) is 0 Å². The molecule has 0 bridgehead atoms. The van der Waals surface area contributed by atoms with Crippen LogP contribution in [0.3, 0.4) is 0 Å². The van der Waals surface area contributed by atoms with Crippen molar-refractivity contribution >= 4 is 27.5 Å². The van der Waals surface area contributed by atoms with E-state index in [0.29, 0.717) is 0 Å². The monoisotopic (exact) mass is 269 g/mol. The van der Waals surface area contributed by atoms with Crippen LogP contribution in [-0.2, 0) is 0 Å². The lowest BCUT2D eigenvalue weighted by Gasteiger charge is -2.05. The van der Waals surface area contributed by atoms with Crippen molar-refractivity contribution in [1.29, 1.82) is 0 Å². The third kappa shape index (κ3) is 1.86. The molecular weight excluding hydrogens is 261 g/mol. The van der Waals surface area contributed by atoms with Gasteiger partial charge in [0, 0.05) is 16.9 Å². The van der Waals surface area contributed by atoms with Gasteiger partial charge < -0.3 is 4.57 Å². The summed E-state index contributed by atoms with van der Waals surface area (Å²) in [5.41, 5.74) is 2.23. The zero-order valence-electron chi connectivity index (χ0n) is 7.67. The Balaban J connectivity index is 2.52. The van der Waals surface area contributed by atoms with Crippen LogP contribution >= 0.6 is 27.5 Å². The van der Waals surface area contributed by atoms with Crippen molar-refractivity contribution in [2.75, 3.05) is 0 Å². The van der Waals surface area contributed by atoms with E-state index in [1.165, 1.54) is 5.56 Å². The van der Waals surface area contributed by atoms with Crippen LogP contribution in [0, 0.1) is 6.92 Å². The van der Waals surface area contributed by atoms with Crippen molar-refractivity contribution in [1.82, 2.24) is 4.57 Å². The van der Waals surface area contributed by atoms with Gasteiger partial charge in [-0.3, -0.25) is 0 Å². The topological polar surface area (TPSA) is 4.93 Å². The molecule has 2 aromatic rings. The highest BCUT2D eigenvalue weighted by Gasteiger charge is 2.02. The molecule has 72 valence electrons. The summed E-state index contributed by atoms with van der Waals surface area (Å²) < 4.78 is 3.01. The molecule has 1 aromatic carbocycles. The lowest BCUT2D eigenvalue weighted by molar-refractivity contribution is 1.07. The number of halogens is 2. The van der Waals surface area contributed by atoms with Crippen molar-refractivity contribution < 1.29 is 0 Å². The molecule has 2 rings (SSSR count). The molecule has 0 aliphatic heterocycles. The summed E-state index contributed by atoms with van der Waals surface area (Å²) in [7, 11) is 0. The number of aromatic nitrogens is 1. The minimum Gasteiger partial charge on any atom is -0.322 e. The second kappa shape index (κ2) is 3.79. The summed E-state index contributed by atoms with van der Waals surface area (Å²) in [5.74, 6) is 0. The highest BCUT2D eigenvalue weighted by molar-refractivity contribution is 9.10. The van der Waals surface area contributed by atoms with Gasteiger partial charge in [-0.05, 0) is 36.8 Å². The first-order chi connectivity index (χ1) is 6.66. The molecule has 0 unspecified atom stereocenters. The predicted molar refractivity (Wildman–Crippen MR) is 63.2 cm³/mol. The SMILES string of the molecule is Cc1ccn(-c2ccc(Br)cc2Cl)c1. The van der Waals surface area contributed by atoms with Crippen LogP contribution in [0.15, 0.2) is 41.1 Å². The van der Waals surface area contributed by atoms with Gasteiger partial charge in [-0.1, -0.05) is 27.5 Å². The number of nitrogens with zero attached hydrogens (tertiary/aromatic N) is 1.